The Hall–Kier alpha value is -2.04. The van der Waals surface area contributed by atoms with Gasteiger partial charge in [-0.25, -0.2) is 0 Å². The molecule has 1 aromatic rings. The zero-order chi connectivity index (χ0) is 13.8. The van der Waals surface area contributed by atoms with Crippen molar-refractivity contribution in [1.82, 2.24) is 4.90 Å². The lowest BCUT2D eigenvalue weighted by molar-refractivity contribution is 0.194. The van der Waals surface area contributed by atoms with Crippen LogP contribution in [0.5, 0.6) is 0 Å². The van der Waals surface area contributed by atoms with E-state index in [9.17, 15) is 5.26 Å². The Kier molecular flexibility index (Phi) is 4.04. The molecule has 19 heavy (non-hydrogen) atoms. The topological polar surface area (TPSA) is 54.1 Å². The fourth-order valence-corrected chi connectivity index (χ4v) is 2.69. The van der Waals surface area contributed by atoms with Crippen molar-refractivity contribution in [2.75, 3.05) is 25.0 Å². The van der Waals surface area contributed by atoms with Gasteiger partial charge in [0.05, 0.1) is 23.7 Å². The van der Waals surface area contributed by atoms with Gasteiger partial charge in [-0.1, -0.05) is 12.1 Å². The largest absolute Gasteiger partial charge is 0.365 e. The van der Waals surface area contributed by atoms with Crippen LogP contribution >= 0.6 is 0 Å². The average Bonchev–Trinajstić information content (AvgIpc) is 2.42. The van der Waals surface area contributed by atoms with E-state index in [0.29, 0.717) is 18.0 Å². The molecule has 2 unspecified atom stereocenters. The summed E-state index contributed by atoms with van der Waals surface area (Å²) in [6.07, 6.45) is 0.522. The Morgan fingerprint density at radius 1 is 1.26 bits per heavy atom. The van der Waals surface area contributed by atoms with E-state index in [4.69, 9.17) is 5.26 Å². The van der Waals surface area contributed by atoms with Gasteiger partial charge in [0.15, 0.2) is 0 Å². The number of hydrogen-bond donors (Lipinski definition) is 0. The Labute approximate surface area is 114 Å². The first-order chi connectivity index (χ1) is 9.17. The number of hydrogen-bond acceptors (Lipinski definition) is 4. The minimum absolute atomic E-state index is 0.230. The van der Waals surface area contributed by atoms with Crippen molar-refractivity contribution in [2.24, 2.45) is 0 Å². The van der Waals surface area contributed by atoms with Gasteiger partial charge in [-0.15, -0.1) is 0 Å². The smallest absolute Gasteiger partial charge is 0.101 e. The zero-order valence-electron chi connectivity index (χ0n) is 11.4. The van der Waals surface area contributed by atoms with Crippen molar-refractivity contribution in [1.29, 1.82) is 10.5 Å². The summed E-state index contributed by atoms with van der Waals surface area (Å²) in [7, 11) is 2.06. The van der Waals surface area contributed by atoms with Gasteiger partial charge < -0.3 is 4.90 Å². The Morgan fingerprint density at radius 3 is 2.68 bits per heavy atom. The van der Waals surface area contributed by atoms with Gasteiger partial charge >= 0.3 is 0 Å². The molecule has 0 saturated carbocycles. The van der Waals surface area contributed by atoms with Gasteiger partial charge in [0.25, 0.3) is 0 Å². The maximum absolute atomic E-state index is 9.22. The molecule has 2 rings (SSSR count). The summed E-state index contributed by atoms with van der Waals surface area (Å²) in [6.45, 7) is 3.86. The highest BCUT2D eigenvalue weighted by Crippen LogP contribution is 2.26. The van der Waals surface area contributed by atoms with Gasteiger partial charge in [0, 0.05) is 25.2 Å². The van der Waals surface area contributed by atoms with E-state index < -0.39 is 0 Å². The predicted octanol–water partition coefficient (Wildman–Crippen LogP) is 1.98. The highest BCUT2D eigenvalue weighted by molar-refractivity contribution is 5.60. The third-order valence-corrected chi connectivity index (χ3v) is 3.78. The van der Waals surface area contributed by atoms with Crippen molar-refractivity contribution in [2.45, 2.75) is 25.4 Å². The van der Waals surface area contributed by atoms with E-state index in [0.717, 1.165) is 18.8 Å². The molecule has 98 valence electrons. The van der Waals surface area contributed by atoms with E-state index in [1.54, 1.807) is 0 Å². The number of nitriles is 2. The normalized spacial score (nSPS) is 23.7. The van der Waals surface area contributed by atoms with Crippen molar-refractivity contribution in [3.05, 3.63) is 29.8 Å². The molecule has 0 aromatic heterocycles. The summed E-state index contributed by atoms with van der Waals surface area (Å²) >= 11 is 0. The molecule has 0 radical (unpaired) electrons. The van der Waals surface area contributed by atoms with Crippen LogP contribution in [0.2, 0.25) is 0 Å². The highest BCUT2D eigenvalue weighted by Gasteiger charge is 2.30. The quantitative estimate of drug-likeness (QED) is 0.809. The molecular formula is C15H18N4. The number of para-hydroxylation sites is 1. The number of likely N-dealkylation sites (N-methyl/N-ethyl adjacent to an activating group) is 1. The van der Waals surface area contributed by atoms with Gasteiger partial charge in [-0.2, -0.15) is 10.5 Å². The first-order valence-electron chi connectivity index (χ1n) is 6.50. The summed E-state index contributed by atoms with van der Waals surface area (Å²) in [6, 6.07) is 12.8. The summed E-state index contributed by atoms with van der Waals surface area (Å²) < 4.78 is 0. The van der Waals surface area contributed by atoms with Crippen LogP contribution < -0.4 is 4.90 Å². The maximum atomic E-state index is 9.22. The van der Waals surface area contributed by atoms with Crippen LogP contribution in [0.25, 0.3) is 0 Å². The van der Waals surface area contributed by atoms with Crippen molar-refractivity contribution < 1.29 is 0 Å². The number of rotatable bonds is 2. The standard InChI is InChI=1S/C15H18N4/c1-12-10-18(2)14(7-8-16)11-19(12)15-6-4-3-5-13(15)9-17/h3-6,12,14H,7,10-11H2,1-2H3. The average molecular weight is 254 g/mol. The van der Waals surface area contributed by atoms with E-state index in [-0.39, 0.29) is 6.04 Å². The third-order valence-electron chi connectivity index (χ3n) is 3.78. The van der Waals surface area contributed by atoms with Crippen LogP contribution in [0.4, 0.5) is 5.69 Å². The molecule has 1 saturated heterocycles. The van der Waals surface area contributed by atoms with Gasteiger partial charge in [-0.05, 0) is 26.1 Å². The van der Waals surface area contributed by atoms with Crippen molar-refractivity contribution in [3.8, 4) is 12.1 Å². The van der Waals surface area contributed by atoms with E-state index >= 15 is 0 Å². The van der Waals surface area contributed by atoms with Crippen LogP contribution in [0.1, 0.15) is 18.9 Å². The predicted molar refractivity (Wildman–Crippen MR) is 74.6 cm³/mol. The van der Waals surface area contributed by atoms with Crippen LogP contribution in [0, 0.1) is 22.7 Å². The van der Waals surface area contributed by atoms with E-state index in [1.807, 2.05) is 24.3 Å². The molecule has 2 atom stereocenters. The monoisotopic (exact) mass is 254 g/mol. The molecule has 1 heterocycles. The zero-order valence-corrected chi connectivity index (χ0v) is 11.4. The summed E-state index contributed by atoms with van der Waals surface area (Å²) in [5.74, 6) is 0. The molecule has 1 fully saturated rings. The lowest BCUT2D eigenvalue weighted by Crippen LogP contribution is -2.56. The molecule has 0 bridgehead atoms. The molecule has 1 aliphatic heterocycles. The fourth-order valence-electron chi connectivity index (χ4n) is 2.69. The molecule has 0 N–H and O–H groups in total. The van der Waals surface area contributed by atoms with Crippen LogP contribution in [-0.2, 0) is 0 Å². The second-order valence-corrected chi connectivity index (χ2v) is 5.09. The molecule has 1 aliphatic rings. The highest BCUT2D eigenvalue weighted by atomic mass is 15.3. The molecule has 0 aliphatic carbocycles. The minimum atomic E-state index is 0.230. The Balaban J connectivity index is 2.28. The lowest BCUT2D eigenvalue weighted by Gasteiger charge is -2.44. The molecule has 4 heteroatoms. The van der Waals surface area contributed by atoms with Gasteiger partial charge in [0.2, 0.25) is 0 Å². The molecule has 1 aromatic carbocycles. The minimum Gasteiger partial charge on any atom is -0.365 e. The van der Waals surface area contributed by atoms with Crippen LogP contribution in [-0.4, -0.2) is 37.1 Å². The van der Waals surface area contributed by atoms with Crippen LogP contribution in [0.15, 0.2) is 24.3 Å². The van der Waals surface area contributed by atoms with Crippen LogP contribution in [0.3, 0.4) is 0 Å². The Bertz CT molecular complexity index is 526. The maximum Gasteiger partial charge on any atom is 0.101 e. The van der Waals surface area contributed by atoms with Crippen molar-refractivity contribution in [3.63, 3.8) is 0 Å². The molecule has 0 amide bonds. The fraction of sp³-hybridized carbons (Fsp3) is 0.467. The second kappa shape index (κ2) is 5.73. The molecule has 0 spiro atoms. The summed E-state index contributed by atoms with van der Waals surface area (Å²) in [5, 5.41) is 18.1. The summed E-state index contributed by atoms with van der Waals surface area (Å²) in [5.41, 5.74) is 1.68. The summed E-state index contributed by atoms with van der Waals surface area (Å²) in [4.78, 5) is 4.49. The van der Waals surface area contributed by atoms with E-state index in [1.165, 1.54) is 0 Å². The van der Waals surface area contributed by atoms with Gasteiger partial charge in [0.1, 0.15) is 6.07 Å². The lowest BCUT2D eigenvalue weighted by atomic mass is 10.0. The molecule has 4 nitrogen and oxygen atoms in total. The first kappa shape index (κ1) is 13.4. The number of anilines is 1. The number of benzene rings is 1. The van der Waals surface area contributed by atoms with Crippen molar-refractivity contribution >= 4 is 5.69 Å². The molecular weight excluding hydrogens is 236 g/mol. The number of piperazine rings is 1. The first-order valence-corrected chi connectivity index (χ1v) is 6.50. The van der Waals surface area contributed by atoms with Gasteiger partial charge in [-0.3, -0.25) is 4.90 Å². The van der Waals surface area contributed by atoms with E-state index in [2.05, 4.69) is 35.9 Å². The number of nitrogens with zero attached hydrogens (tertiary/aromatic N) is 4. The second-order valence-electron chi connectivity index (χ2n) is 5.09. The third kappa shape index (κ3) is 2.70. The Morgan fingerprint density at radius 2 is 2.00 bits per heavy atom. The SMILES string of the molecule is CC1CN(C)C(CC#N)CN1c1ccccc1C#N.